The Kier molecular flexibility index (Phi) is 4.48. The molecule has 0 aliphatic heterocycles. The second-order valence-corrected chi connectivity index (χ2v) is 6.95. The Morgan fingerprint density at radius 1 is 1.38 bits per heavy atom. The van der Waals surface area contributed by atoms with Crippen LogP contribution >= 0.6 is 11.8 Å². The molecule has 0 radical (unpaired) electrons. The van der Waals surface area contributed by atoms with E-state index in [1.165, 1.54) is 31.0 Å². The monoisotopic (exact) mass is 303 g/mol. The Hall–Kier alpha value is -1.49. The molecule has 0 bridgehead atoms. The molecule has 112 valence electrons. The van der Waals surface area contributed by atoms with Crippen LogP contribution in [0.15, 0.2) is 35.7 Å². The lowest BCUT2D eigenvalue weighted by Crippen LogP contribution is -2.40. The first-order valence-corrected chi connectivity index (χ1v) is 8.51. The molecule has 3 rings (SSSR count). The first kappa shape index (κ1) is 14.4. The lowest BCUT2D eigenvalue weighted by Gasteiger charge is -2.24. The fourth-order valence-electron chi connectivity index (χ4n) is 2.78. The van der Waals surface area contributed by atoms with Gasteiger partial charge in [-0.15, -0.1) is 0 Å². The molecule has 0 aromatic carbocycles. The highest BCUT2D eigenvalue weighted by molar-refractivity contribution is 8.00. The van der Waals surface area contributed by atoms with Crippen molar-refractivity contribution in [3.8, 4) is 0 Å². The molecule has 2 aromatic heterocycles. The smallest absolute Gasteiger partial charge is 0.233 e. The van der Waals surface area contributed by atoms with Gasteiger partial charge in [-0.1, -0.05) is 37.1 Å². The fourth-order valence-corrected chi connectivity index (χ4v) is 3.67. The average Bonchev–Trinajstić information content (AvgIpc) is 2.91. The Morgan fingerprint density at radius 2 is 2.19 bits per heavy atom. The van der Waals surface area contributed by atoms with E-state index in [-0.39, 0.29) is 11.2 Å². The van der Waals surface area contributed by atoms with Crippen molar-refractivity contribution in [1.82, 2.24) is 14.7 Å². The van der Waals surface area contributed by atoms with E-state index in [4.69, 9.17) is 0 Å². The molecule has 1 atom stereocenters. The number of thioether (sulfide) groups is 1. The van der Waals surface area contributed by atoms with Crippen LogP contribution in [0, 0.1) is 0 Å². The van der Waals surface area contributed by atoms with Gasteiger partial charge >= 0.3 is 0 Å². The Morgan fingerprint density at radius 3 is 3.00 bits per heavy atom. The minimum atomic E-state index is -0.127. The number of amides is 1. The summed E-state index contributed by atoms with van der Waals surface area (Å²) in [6, 6.07) is 6.35. The van der Waals surface area contributed by atoms with Crippen LogP contribution in [0.2, 0.25) is 0 Å². The maximum Gasteiger partial charge on any atom is 0.233 e. The summed E-state index contributed by atoms with van der Waals surface area (Å²) in [4.78, 5) is 16.7. The summed E-state index contributed by atoms with van der Waals surface area (Å²) in [6.45, 7) is 1.95. The Bertz CT molecular complexity index is 619. The number of nitrogens with zero attached hydrogens (tertiary/aromatic N) is 2. The summed E-state index contributed by atoms with van der Waals surface area (Å²) in [6.07, 6.45) is 9.83. The summed E-state index contributed by atoms with van der Waals surface area (Å²) >= 11 is 1.52. The predicted octanol–water partition coefficient (Wildman–Crippen LogP) is 3.26. The number of fused-ring (bicyclic) bond motifs is 1. The lowest BCUT2D eigenvalue weighted by molar-refractivity contribution is -0.121. The van der Waals surface area contributed by atoms with Crippen LogP contribution in [0.3, 0.4) is 0 Å². The van der Waals surface area contributed by atoms with Gasteiger partial charge in [-0.3, -0.25) is 9.20 Å². The first-order chi connectivity index (χ1) is 10.2. The van der Waals surface area contributed by atoms with E-state index in [2.05, 4.69) is 10.3 Å². The molecular formula is C16H21N3OS. The highest BCUT2D eigenvalue weighted by Gasteiger charge is 2.21. The number of carbonyl (C=O) groups is 1. The Balaban J connectivity index is 1.62. The zero-order valence-electron chi connectivity index (χ0n) is 12.3. The molecule has 2 aromatic rings. The zero-order valence-corrected chi connectivity index (χ0v) is 13.1. The van der Waals surface area contributed by atoms with E-state index in [0.29, 0.717) is 6.04 Å². The summed E-state index contributed by atoms with van der Waals surface area (Å²) in [5.41, 5.74) is 1.06. The number of imidazole rings is 1. The van der Waals surface area contributed by atoms with Crippen LogP contribution in [-0.2, 0) is 4.79 Å². The van der Waals surface area contributed by atoms with Crippen molar-refractivity contribution < 1.29 is 4.79 Å². The van der Waals surface area contributed by atoms with Crippen molar-refractivity contribution in [2.75, 3.05) is 0 Å². The summed E-state index contributed by atoms with van der Waals surface area (Å²) in [7, 11) is 0. The molecule has 0 unspecified atom stereocenters. The van der Waals surface area contributed by atoms with E-state index >= 15 is 0 Å². The summed E-state index contributed by atoms with van der Waals surface area (Å²) < 4.78 is 2.02. The van der Waals surface area contributed by atoms with Crippen molar-refractivity contribution in [3.63, 3.8) is 0 Å². The minimum absolute atomic E-state index is 0.125. The molecule has 1 fully saturated rings. The summed E-state index contributed by atoms with van der Waals surface area (Å²) in [5, 5.41) is 3.93. The van der Waals surface area contributed by atoms with Crippen LogP contribution in [0.1, 0.15) is 39.0 Å². The van der Waals surface area contributed by atoms with Crippen LogP contribution in [0.4, 0.5) is 0 Å². The van der Waals surface area contributed by atoms with Gasteiger partial charge in [-0.2, -0.15) is 0 Å². The predicted molar refractivity (Wildman–Crippen MR) is 85.5 cm³/mol. The number of hydrogen-bond acceptors (Lipinski definition) is 3. The number of hydrogen-bond donors (Lipinski definition) is 1. The third kappa shape index (κ3) is 3.40. The number of nitrogens with one attached hydrogen (secondary N) is 1. The van der Waals surface area contributed by atoms with Gasteiger partial charge in [0.05, 0.1) is 17.0 Å². The Labute approximate surface area is 129 Å². The van der Waals surface area contributed by atoms with Gasteiger partial charge in [0.15, 0.2) is 5.16 Å². The molecule has 4 nitrogen and oxygen atoms in total. The number of carbonyl (C=O) groups excluding carboxylic acids is 1. The van der Waals surface area contributed by atoms with Gasteiger partial charge in [0.25, 0.3) is 0 Å². The number of pyridine rings is 1. The second kappa shape index (κ2) is 6.52. The molecule has 0 spiro atoms. The second-order valence-electron chi connectivity index (χ2n) is 5.64. The van der Waals surface area contributed by atoms with Gasteiger partial charge < -0.3 is 5.32 Å². The number of aromatic nitrogens is 2. The van der Waals surface area contributed by atoms with Crippen molar-refractivity contribution in [2.45, 2.75) is 55.5 Å². The lowest BCUT2D eigenvalue weighted by atomic mass is 9.95. The van der Waals surface area contributed by atoms with Crippen molar-refractivity contribution in [3.05, 3.63) is 30.6 Å². The maximum atomic E-state index is 12.3. The molecule has 5 heteroatoms. The zero-order chi connectivity index (χ0) is 14.7. The molecule has 1 N–H and O–H groups in total. The van der Waals surface area contributed by atoms with Crippen LogP contribution in [0.25, 0.3) is 5.52 Å². The van der Waals surface area contributed by atoms with E-state index in [1.54, 1.807) is 0 Å². The third-order valence-electron chi connectivity index (χ3n) is 4.01. The first-order valence-electron chi connectivity index (χ1n) is 7.63. The third-order valence-corrected chi connectivity index (χ3v) is 5.09. The van der Waals surface area contributed by atoms with E-state index in [0.717, 1.165) is 23.5 Å². The van der Waals surface area contributed by atoms with Gasteiger partial charge in [0.1, 0.15) is 0 Å². The molecule has 2 heterocycles. The van der Waals surface area contributed by atoms with Gasteiger partial charge in [-0.05, 0) is 31.9 Å². The molecule has 0 saturated heterocycles. The van der Waals surface area contributed by atoms with E-state index in [9.17, 15) is 4.79 Å². The largest absolute Gasteiger partial charge is 0.352 e. The SMILES string of the molecule is C[C@H](Sc1ncc2ccccn12)C(=O)NC1CCCCC1. The molecule has 1 aliphatic carbocycles. The number of rotatable bonds is 4. The maximum absolute atomic E-state index is 12.3. The van der Waals surface area contributed by atoms with Crippen LogP contribution in [0.5, 0.6) is 0 Å². The van der Waals surface area contributed by atoms with E-state index < -0.39 is 0 Å². The van der Waals surface area contributed by atoms with Crippen molar-refractivity contribution in [1.29, 1.82) is 0 Å². The van der Waals surface area contributed by atoms with Crippen LogP contribution < -0.4 is 5.32 Å². The van der Waals surface area contributed by atoms with Crippen molar-refractivity contribution in [2.24, 2.45) is 0 Å². The van der Waals surface area contributed by atoms with Gasteiger partial charge in [0.2, 0.25) is 5.91 Å². The minimum Gasteiger partial charge on any atom is -0.352 e. The molecule has 1 amide bonds. The quantitative estimate of drug-likeness (QED) is 0.882. The van der Waals surface area contributed by atoms with E-state index in [1.807, 2.05) is 41.9 Å². The standard InChI is InChI=1S/C16H21N3OS/c1-12(15(20)18-13-7-3-2-4-8-13)21-16-17-11-14-9-5-6-10-19(14)16/h5-6,9-13H,2-4,7-8H2,1H3,(H,18,20)/t12-/m0/s1. The summed E-state index contributed by atoms with van der Waals surface area (Å²) in [5.74, 6) is 0.125. The molecular weight excluding hydrogens is 282 g/mol. The highest BCUT2D eigenvalue weighted by Crippen LogP contribution is 2.24. The average molecular weight is 303 g/mol. The molecule has 21 heavy (non-hydrogen) atoms. The normalized spacial score (nSPS) is 17.8. The highest BCUT2D eigenvalue weighted by atomic mass is 32.2. The van der Waals surface area contributed by atoms with Crippen LogP contribution in [-0.4, -0.2) is 26.6 Å². The topological polar surface area (TPSA) is 46.4 Å². The fraction of sp³-hybridized carbons (Fsp3) is 0.500. The van der Waals surface area contributed by atoms with Gasteiger partial charge in [-0.25, -0.2) is 4.98 Å². The molecule has 1 aliphatic rings. The molecule has 1 saturated carbocycles. The van der Waals surface area contributed by atoms with Crippen molar-refractivity contribution >= 4 is 23.2 Å². The van der Waals surface area contributed by atoms with Gasteiger partial charge in [0, 0.05) is 12.2 Å².